The van der Waals surface area contributed by atoms with Crippen molar-refractivity contribution >= 4 is 5.97 Å². The molecular weight excluding hydrogens is 180 g/mol. The molecule has 14 heavy (non-hydrogen) atoms. The SMILES string of the molecule is CCCn1ccnc1C#CC(=O)OC. The summed E-state index contributed by atoms with van der Waals surface area (Å²) >= 11 is 0. The van der Waals surface area contributed by atoms with Crippen LogP contribution in [-0.2, 0) is 16.1 Å². The number of methoxy groups -OCH3 is 1. The second-order valence-electron chi connectivity index (χ2n) is 2.69. The van der Waals surface area contributed by atoms with Gasteiger partial charge in [0.15, 0.2) is 5.82 Å². The van der Waals surface area contributed by atoms with E-state index in [0.29, 0.717) is 5.82 Å². The normalized spacial score (nSPS) is 9.00. The summed E-state index contributed by atoms with van der Waals surface area (Å²) in [5.41, 5.74) is 0. The predicted molar refractivity (Wildman–Crippen MR) is 51.4 cm³/mol. The predicted octanol–water partition coefficient (Wildman–Crippen LogP) is 0.818. The first-order valence-corrected chi connectivity index (χ1v) is 4.39. The largest absolute Gasteiger partial charge is 0.459 e. The molecule has 4 heteroatoms. The van der Waals surface area contributed by atoms with E-state index in [1.165, 1.54) is 7.11 Å². The van der Waals surface area contributed by atoms with Gasteiger partial charge in [0, 0.05) is 24.9 Å². The zero-order valence-electron chi connectivity index (χ0n) is 8.28. The van der Waals surface area contributed by atoms with Crippen LogP contribution in [0.3, 0.4) is 0 Å². The number of aryl methyl sites for hydroxylation is 1. The van der Waals surface area contributed by atoms with Crippen molar-refractivity contribution in [1.29, 1.82) is 0 Å². The maximum atomic E-state index is 10.7. The van der Waals surface area contributed by atoms with Gasteiger partial charge in [0.25, 0.3) is 0 Å². The highest BCUT2D eigenvalue weighted by Gasteiger charge is 1.98. The average molecular weight is 192 g/mol. The van der Waals surface area contributed by atoms with Gasteiger partial charge in [0.1, 0.15) is 0 Å². The van der Waals surface area contributed by atoms with Gasteiger partial charge in [-0.2, -0.15) is 0 Å². The molecule has 74 valence electrons. The molecule has 0 bridgehead atoms. The van der Waals surface area contributed by atoms with Gasteiger partial charge >= 0.3 is 5.97 Å². The summed E-state index contributed by atoms with van der Waals surface area (Å²) in [6.07, 6.45) is 4.50. The molecule has 1 aromatic rings. The summed E-state index contributed by atoms with van der Waals surface area (Å²) in [4.78, 5) is 14.8. The molecule has 0 fully saturated rings. The third-order valence-corrected chi connectivity index (χ3v) is 1.64. The fourth-order valence-electron chi connectivity index (χ4n) is 1.01. The van der Waals surface area contributed by atoms with Crippen LogP contribution >= 0.6 is 0 Å². The molecule has 0 aromatic carbocycles. The average Bonchev–Trinajstić information content (AvgIpc) is 2.62. The number of ether oxygens (including phenoxy) is 1. The molecule has 4 nitrogen and oxygen atoms in total. The molecule has 1 aromatic heterocycles. The Hall–Kier alpha value is -1.76. The summed E-state index contributed by atoms with van der Waals surface area (Å²) in [5, 5.41) is 0. The summed E-state index contributed by atoms with van der Waals surface area (Å²) in [5.74, 6) is 5.04. The first-order chi connectivity index (χ1) is 6.77. The minimum Gasteiger partial charge on any atom is -0.459 e. The van der Waals surface area contributed by atoms with Gasteiger partial charge in [-0.1, -0.05) is 6.92 Å². The molecule has 0 radical (unpaired) electrons. The summed E-state index contributed by atoms with van der Waals surface area (Å²) in [6, 6.07) is 0. The van der Waals surface area contributed by atoms with Gasteiger partial charge in [0.05, 0.1) is 7.11 Å². The maximum Gasteiger partial charge on any atom is 0.384 e. The Morgan fingerprint density at radius 1 is 1.71 bits per heavy atom. The van der Waals surface area contributed by atoms with Crippen molar-refractivity contribution in [2.75, 3.05) is 7.11 Å². The lowest BCUT2D eigenvalue weighted by molar-refractivity contribution is -0.133. The van der Waals surface area contributed by atoms with E-state index in [-0.39, 0.29) is 0 Å². The van der Waals surface area contributed by atoms with E-state index in [9.17, 15) is 4.79 Å². The molecule has 0 amide bonds. The molecule has 1 rings (SSSR count). The third-order valence-electron chi connectivity index (χ3n) is 1.64. The first-order valence-electron chi connectivity index (χ1n) is 4.39. The van der Waals surface area contributed by atoms with Gasteiger partial charge in [0.2, 0.25) is 0 Å². The Morgan fingerprint density at radius 3 is 3.14 bits per heavy atom. The molecule has 0 aliphatic carbocycles. The van der Waals surface area contributed by atoms with E-state index < -0.39 is 5.97 Å². The van der Waals surface area contributed by atoms with Gasteiger partial charge in [-0.25, -0.2) is 9.78 Å². The highest BCUT2D eigenvalue weighted by Crippen LogP contribution is 1.96. The Morgan fingerprint density at radius 2 is 2.50 bits per heavy atom. The fourth-order valence-corrected chi connectivity index (χ4v) is 1.01. The lowest BCUT2D eigenvalue weighted by Crippen LogP contribution is -2.00. The van der Waals surface area contributed by atoms with Crippen LogP contribution in [0.4, 0.5) is 0 Å². The van der Waals surface area contributed by atoms with E-state index in [1.54, 1.807) is 6.20 Å². The molecule has 0 spiro atoms. The van der Waals surface area contributed by atoms with Crippen LogP contribution in [0.5, 0.6) is 0 Å². The van der Waals surface area contributed by atoms with E-state index in [0.717, 1.165) is 13.0 Å². The first kappa shape index (κ1) is 10.3. The molecule has 1 heterocycles. The van der Waals surface area contributed by atoms with Crippen LogP contribution in [0.15, 0.2) is 12.4 Å². The number of hydrogen-bond acceptors (Lipinski definition) is 3. The lowest BCUT2D eigenvalue weighted by Gasteiger charge is -1.98. The molecule has 0 saturated heterocycles. The van der Waals surface area contributed by atoms with E-state index in [4.69, 9.17) is 0 Å². The number of carbonyl (C=O) groups is 1. The van der Waals surface area contributed by atoms with Gasteiger partial charge in [-0.05, 0) is 12.3 Å². The van der Waals surface area contributed by atoms with Crippen LogP contribution in [-0.4, -0.2) is 22.6 Å². The van der Waals surface area contributed by atoms with Crippen molar-refractivity contribution in [3.8, 4) is 11.8 Å². The van der Waals surface area contributed by atoms with E-state index in [2.05, 4.69) is 28.5 Å². The van der Waals surface area contributed by atoms with Crippen molar-refractivity contribution < 1.29 is 9.53 Å². The summed E-state index contributed by atoms with van der Waals surface area (Å²) in [7, 11) is 1.30. The molecule has 0 atom stereocenters. The Balaban J connectivity index is 2.78. The fraction of sp³-hybridized carbons (Fsp3) is 0.400. The topological polar surface area (TPSA) is 44.1 Å². The molecule has 0 aliphatic heterocycles. The van der Waals surface area contributed by atoms with Crippen LogP contribution in [0.25, 0.3) is 0 Å². The number of imidazole rings is 1. The minimum absolute atomic E-state index is 0.545. The summed E-state index contributed by atoms with van der Waals surface area (Å²) in [6.45, 7) is 2.92. The monoisotopic (exact) mass is 192 g/mol. The number of aromatic nitrogens is 2. The highest BCUT2D eigenvalue weighted by atomic mass is 16.5. The van der Waals surface area contributed by atoms with Crippen molar-refractivity contribution in [2.45, 2.75) is 19.9 Å². The second-order valence-corrected chi connectivity index (χ2v) is 2.69. The minimum atomic E-state index is -0.545. The Labute approximate surface area is 82.9 Å². The van der Waals surface area contributed by atoms with Crippen LogP contribution in [0.1, 0.15) is 19.2 Å². The van der Waals surface area contributed by atoms with Crippen molar-refractivity contribution in [2.24, 2.45) is 0 Å². The number of rotatable bonds is 2. The highest BCUT2D eigenvalue weighted by molar-refractivity contribution is 5.88. The Kier molecular flexibility index (Phi) is 3.74. The number of hydrogen-bond donors (Lipinski definition) is 0. The second kappa shape index (κ2) is 5.07. The molecule has 0 N–H and O–H groups in total. The van der Waals surface area contributed by atoms with Crippen molar-refractivity contribution in [3.05, 3.63) is 18.2 Å². The third kappa shape index (κ3) is 2.63. The van der Waals surface area contributed by atoms with Crippen LogP contribution < -0.4 is 0 Å². The van der Waals surface area contributed by atoms with Gasteiger partial charge < -0.3 is 9.30 Å². The molecule has 0 unspecified atom stereocenters. The van der Waals surface area contributed by atoms with E-state index >= 15 is 0 Å². The number of carbonyl (C=O) groups excluding carboxylic acids is 1. The Bertz CT molecular complexity index is 371. The van der Waals surface area contributed by atoms with E-state index in [1.807, 2.05) is 10.8 Å². The maximum absolute atomic E-state index is 10.7. The molecular formula is C10H12N2O2. The number of esters is 1. The zero-order valence-corrected chi connectivity index (χ0v) is 8.28. The number of nitrogens with zero attached hydrogens (tertiary/aromatic N) is 2. The van der Waals surface area contributed by atoms with Crippen LogP contribution in [0, 0.1) is 11.8 Å². The smallest absolute Gasteiger partial charge is 0.384 e. The zero-order chi connectivity index (χ0) is 10.4. The molecule has 0 aliphatic rings. The van der Waals surface area contributed by atoms with Gasteiger partial charge in [-0.3, -0.25) is 0 Å². The quantitative estimate of drug-likeness (QED) is 0.514. The van der Waals surface area contributed by atoms with Crippen molar-refractivity contribution in [1.82, 2.24) is 9.55 Å². The van der Waals surface area contributed by atoms with Crippen LogP contribution in [0.2, 0.25) is 0 Å². The van der Waals surface area contributed by atoms with Gasteiger partial charge in [-0.15, -0.1) is 0 Å². The van der Waals surface area contributed by atoms with Crippen molar-refractivity contribution in [3.63, 3.8) is 0 Å². The molecule has 0 saturated carbocycles. The standard InChI is InChI=1S/C10H12N2O2/c1-3-7-12-8-6-11-9(12)4-5-10(13)14-2/h6,8H,3,7H2,1-2H3. The lowest BCUT2D eigenvalue weighted by atomic mass is 10.4. The summed E-state index contributed by atoms with van der Waals surface area (Å²) < 4.78 is 6.30.